The molecule has 4 nitrogen and oxygen atoms in total. The number of hydrogen-bond donors (Lipinski definition) is 0. The number of rotatable bonds is 5. The number of alkyl halides is 1. The molecule has 6 heteroatoms. The van der Waals surface area contributed by atoms with Crippen LogP contribution in [0.25, 0.3) is 0 Å². The van der Waals surface area contributed by atoms with Crippen molar-refractivity contribution in [1.29, 1.82) is 0 Å². The van der Waals surface area contributed by atoms with Gasteiger partial charge in [0.25, 0.3) is 0 Å². The highest BCUT2D eigenvalue weighted by atomic mass is 79.9. The number of benzene rings is 1. The molecule has 0 spiro atoms. The van der Waals surface area contributed by atoms with Gasteiger partial charge in [0.1, 0.15) is 5.82 Å². The molecule has 0 aromatic heterocycles. The molecule has 17 heavy (non-hydrogen) atoms. The van der Waals surface area contributed by atoms with Crippen LogP contribution in [0.4, 0.5) is 10.1 Å². The molecule has 0 atom stereocenters. The molecule has 0 aliphatic rings. The Balaban J connectivity index is 2.88. The Morgan fingerprint density at radius 1 is 1.53 bits per heavy atom. The maximum absolute atomic E-state index is 12.9. The summed E-state index contributed by atoms with van der Waals surface area (Å²) in [7, 11) is 0. The molecule has 1 rings (SSSR count). The molecular formula is C11H13BrFNO3. The summed E-state index contributed by atoms with van der Waals surface area (Å²) in [5, 5.41) is 11.4. The molecule has 0 aliphatic carbocycles. The lowest BCUT2D eigenvalue weighted by Gasteiger charge is -2.21. The van der Waals surface area contributed by atoms with Gasteiger partial charge in [-0.05, 0) is 12.1 Å². The Morgan fingerprint density at radius 3 is 2.71 bits per heavy atom. The fourth-order valence-electron chi connectivity index (χ4n) is 1.07. The summed E-state index contributed by atoms with van der Waals surface area (Å²) in [6.45, 7) is 4.22. The van der Waals surface area contributed by atoms with Gasteiger partial charge in [-0.2, -0.15) is 0 Å². The average molecular weight is 306 g/mol. The van der Waals surface area contributed by atoms with Crippen LogP contribution >= 0.6 is 15.9 Å². The summed E-state index contributed by atoms with van der Waals surface area (Å²) in [6, 6.07) is 3.28. The van der Waals surface area contributed by atoms with Crippen LogP contribution < -0.4 is 4.74 Å². The van der Waals surface area contributed by atoms with Crippen molar-refractivity contribution in [2.24, 2.45) is 5.41 Å². The van der Waals surface area contributed by atoms with Crippen LogP contribution in [0, 0.1) is 21.3 Å². The highest BCUT2D eigenvalue weighted by Crippen LogP contribution is 2.29. The number of nitrogens with zero attached hydrogens (tertiary/aromatic N) is 1. The first-order chi connectivity index (χ1) is 7.85. The van der Waals surface area contributed by atoms with Gasteiger partial charge < -0.3 is 4.74 Å². The van der Waals surface area contributed by atoms with Gasteiger partial charge >= 0.3 is 5.69 Å². The lowest BCUT2D eigenvalue weighted by Crippen LogP contribution is -2.23. The topological polar surface area (TPSA) is 52.4 Å². The first-order valence-electron chi connectivity index (χ1n) is 4.98. The van der Waals surface area contributed by atoms with Crippen LogP contribution in [0.5, 0.6) is 5.75 Å². The van der Waals surface area contributed by atoms with E-state index in [1.54, 1.807) is 0 Å². The van der Waals surface area contributed by atoms with Crippen molar-refractivity contribution in [3.05, 3.63) is 34.1 Å². The second-order valence-corrected chi connectivity index (χ2v) is 5.02. The Hall–Kier alpha value is -1.17. The van der Waals surface area contributed by atoms with Gasteiger partial charge in [-0.3, -0.25) is 10.1 Å². The zero-order valence-electron chi connectivity index (χ0n) is 9.57. The van der Waals surface area contributed by atoms with Crippen LogP contribution in [0.2, 0.25) is 0 Å². The number of nitro benzene ring substituents is 1. The van der Waals surface area contributed by atoms with Gasteiger partial charge in [-0.25, -0.2) is 4.39 Å². The molecule has 1 aromatic carbocycles. The van der Waals surface area contributed by atoms with Crippen molar-refractivity contribution in [2.45, 2.75) is 13.8 Å². The number of nitro groups is 1. The Labute approximate surface area is 107 Å². The largest absolute Gasteiger partial charge is 0.486 e. The van der Waals surface area contributed by atoms with Gasteiger partial charge in [0.05, 0.1) is 17.6 Å². The standard InChI is InChI=1S/C11H13BrFNO3/c1-11(2,6-12)7-17-10-4-3-8(13)5-9(10)14(15)16/h3-5H,6-7H2,1-2H3. The molecular weight excluding hydrogens is 293 g/mol. The predicted octanol–water partition coefficient (Wildman–Crippen LogP) is 3.53. The predicted molar refractivity (Wildman–Crippen MR) is 66.1 cm³/mol. The molecule has 0 heterocycles. The Morgan fingerprint density at radius 2 is 2.18 bits per heavy atom. The van der Waals surface area contributed by atoms with Crippen LogP contribution in [0.1, 0.15) is 13.8 Å². The third-order valence-electron chi connectivity index (χ3n) is 2.10. The van der Waals surface area contributed by atoms with Crippen molar-refractivity contribution < 1.29 is 14.1 Å². The van der Waals surface area contributed by atoms with E-state index in [0.717, 1.165) is 12.1 Å². The number of hydrogen-bond acceptors (Lipinski definition) is 3. The van der Waals surface area contributed by atoms with Crippen LogP contribution in [0.15, 0.2) is 18.2 Å². The van der Waals surface area contributed by atoms with E-state index in [-0.39, 0.29) is 16.9 Å². The molecule has 0 unspecified atom stereocenters. The van der Waals surface area contributed by atoms with E-state index < -0.39 is 10.7 Å². The minimum atomic E-state index is -0.653. The van der Waals surface area contributed by atoms with Crippen molar-refractivity contribution in [2.75, 3.05) is 11.9 Å². The lowest BCUT2D eigenvalue weighted by atomic mass is 9.98. The zero-order chi connectivity index (χ0) is 13.1. The van der Waals surface area contributed by atoms with Crippen molar-refractivity contribution in [1.82, 2.24) is 0 Å². The van der Waals surface area contributed by atoms with Crippen molar-refractivity contribution in [3.8, 4) is 5.75 Å². The van der Waals surface area contributed by atoms with Gasteiger partial charge in [-0.15, -0.1) is 0 Å². The maximum atomic E-state index is 12.9. The van der Waals surface area contributed by atoms with Crippen LogP contribution in [0.3, 0.4) is 0 Å². The minimum absolute atomic E-state index is 0.0884. The van der Waals surface area contributed by atoms with Crippen molar-refractivity contribution >= 4 is 21.6 Å². The van der Waals surface area contributed by atoms with E-state index in [1.165, 1.54) is 6.07 Å². The van der Waals surface area contributed by atoms with Gasteiger partial charge in [0, 0.05) is 10.7 Å². The summed E-state index contributed by atoms with van der Waals surface area (Å²) >= 11 is 3.33. The SMILES string of the molecule is CC(C)(CBr)COc1ccc(F)cc1[N+](=O)[O-]. The molecule has 0 bridgehead atoms. The fourth-order valence-corrected chi connectivity index (χ4v) is 1.23. The van der Waals surface area contributed by atoms with Crippen LogP contribution in [-0.2, 0) is 0 Å². The molecule has 0 amide bonds. The smallest absolute Gasteiger partial charge is 0.313 e. The van der Waals surface area contributed by atoms with Gasteiger partial charge in [-0.1, -0.05) is 29.8 Å². The molecule has 0 N–H and O–H groups in total. The van der Waals surface area contributed by atoms with E-state index in [1.807, 2.05) is 13.8 Å². The first kappa shape index (κ1) is 13.9. The molecule has 0 saturated heterocycles. The summed E-state index contributed by atoms with van der Waals surface area (Å²) in [4.78, 5) is 10.1. The summed E-state index contributed by atoms with van der Waals surface area (Å²) in [5.41, 5.74) is -0.502. The third kappa shape index (κ3) is 3.96. The zero-order valence-corrected chi connectivity index (χ0v) is 11.2. The second kappa shape index (κ2) is 5.44. The molecule has 0 aliphatic heterocycles. The fraction of sp³-hybridized carbons (Fsp3) is 0.455. The molecule has 1 aromatic rings. The Kier molecular flexibility index (Phi) is 4.45. The summed E-state index contributed by atoms with van der Waals surface area (Å²) in [6.07, 6.45) is 0. The van der Waals surface area contributed by atoms with E-state index >= 15 is 0 Å². The highest BCUT2D eigenvalue weighted by Gasteiger charge is 2.21. The molecule has 0 fully saturated rings. The van der Waals surface area contributed by atoms with E-state index in [9.17, 15) is 14.5 Å². The average Bonchev–Trinajstić information content (AvgIpc) is 2.27. The second-order valence-electron chi connectivity index (χ2n) is 4.46. The Bertz CT molecular complexity index is 423. The molecule has 0 radical (unpaired) electrons. The minimum Gasteiger partial charge on any atom is -0.486 e. The highest BCUT2D eigenvalue weighted by molar-refractivity contribution is 9.09. The quantitative estimate of drug-likeness (QED) is 0.475. The summed E-state index contributed by atoms with van der Waals surface area (Å²) in [5.74, 6) is -0.561. The van der Waals surface area contributed by atoms with E-state index in [0.29, 0.717) is 11.9 Å². The van der Waals surface area contributed by atoms with Gasteiger partial charge in [0.15, 0.2) is 5.75 Å². The van der Waals surface area contributed by atoms with Crippen LogP contribution in [-0.4, -0.2) is 16.9 Å². The van der Waals surface area contributed by atoms with E-state index in [2.05, 4.69) is 15.9 Å². The lowest BCUT2D eigenvalue weighted by molar-refractivity contribution is -0.386. The number of halogens is 2. The van der Waals surface area contributed by atoms with Crippen molar-refractivity contribution in [3.63, 3.8) is 0 Å². The normalized spacial score (nSPS) is 11.3. The van der Waals surface area contributed by atoms with E-state index in [4.69, 9.17) is 4.74 Å². The maximum Gasteiger partial charge on any atom is 0.313 e. The number of ether oxygens (including phenoxy) is 1. The monoisotopic (exact) mass is 305 g/mol. The summed E-state index contributed by atoms with van der Waals surface area (Å²) < 4.78 is 18.3. The first-order valence-corrected chi connectivity index (χ1v) is 6.10. The molecule has 0 saturated carbocycles. The molecule has 94 valence electrons. The third-order valence-corrected chi connectivity index (χ3v) is 3.62. The van der Waals surface area contributed by atoms with Gasteiger partial charge in [0.2, 0.25) is 0 Å².